The summed E-state index contributed by atoms with van der Waals surface area (Å²) in [6, 6.07) is 16.1. The number of nitrogens with one attached hydrogen (secondary N) is 1. The van der Waals surface area contributed by atoms with Crippen molar-refractivity contribution in [3.8, 4) is 22.8 Å². The van der Waals surface area contributed by atoms with Gasteiger partial charge < -0.3 is 29.1 Å². The fourth-order valence-corrected chi connectivity index (χ4v) is 5.14. The van der Waals surface area contributed by atoms with Gasteiger partial charge >= 0.3 is 12.1 Å². The SMILES string of the molecule is CCCC(N/C(=N/OC)[C@@H]1CC(Oc2cc(-c3ccccc3)nc3cc(OC)ccc23)CN1C(=O)OC(C)(C)C)C(=O)OC. The summed E-state index contributed by atoms with van der Waals surface area (Å²) in [7, 11) is 4.37. The van der Waals surface area contributed by atoms with Crippen molar-refractivity contribution in [2.75, 3.05) is 27.9 Å². The average Bonchev–Trinajstić information content (AvgIpc) is 3.43. The molecule has 44 heavy (non-hydrogen) atoms. The van der Waals surface area contributed by atoms with Crippen molar-refractivity contribution in [1.29, 1.82) is 0 Å². The van der Waals surface area contributed by atoms with E-state index < -0.39 is 35.9 Å². The number of fused-ring (bicyclic) bond motifs is 1. The number of carbonyl (C=O) groups is 2. The zero-order chi connectivity index (χ0) is 31.9. The van der Waals surface area contributed by atoms with Crippen molar-refractivity contribution in [2.24, 2.45) is 5.16 Å². The Kier molecular flexibility index (Phi) is 10.5. The number of oxime groups is 1. The van der Waals surface area contributed by atoms with Crippen LogP contribution >= 0.6 is 0 Å². The standard InChI is InChI=1S/C33H42N4O7/c1-8-12-25(31(38)41-6)35-30(36-42-7)28-18-23(20-37(28)32(39)44-33(2,3)4)43-29-19-26(21-13-10-9-11-14-21)34-27-17-22(40-5)15-16-24(27)29/h9-11,13-17,19,23,25,28H,8,12,18,20H2,1-7H3,(H,35,36)/t23?,25?,28-/m0/s1. The molecule has 0 saturated carbocycles. The highest BCUT2D eigenvalue weighted by atomic mass is 16.6. The molecule has 0 bridgehead atoms. The Morgan fingerprint density at radius 2 is 1.84 bits per heavy atom. The van der Waals surface area contributed by atoms with E-state index >= 15 is 0 Å². The lowest BCUT2D eigenvalue weighted by molar-refractivity contribution is -0.142. The highest BCUT2D eigenvalue weighted by Crippen LogP contribution is 2.35. The molecule has 0 spiro atoms. The molecule has 1 aliphatic rings. The molecule has 11 heteroatoms. The first-order chi connectivity index (χ1) is 21.1. The zero-order valence-corrected chi connectivity index (χ0v) is 26.5. The van der Waals surface area contributed by atoms with Crippen molar-refractivity contribution in [1.82, 2.24) is 15.2 Å². The van der Waals surface area contributed by atoms with Crippen LogP contribution in [0, 0.1) is 0 Å². The van der Waals surface area contributed by atoms with Crippen LogP contribution < -0.4 is 14.8 Å². The number of nitrogens with zero attached hydrogens (tertiary/aromatic N) is 3. The number of esters is 1. The van der Waals surface area contributed by atoms with Gasteiger partial charge in [-0.05, 0) is 39.3 Å². The molecule has 2 heterocycles. The maximum Gasteiger partial charge on any atom is 0.411 e. The van der Waals surface area contributed by atoms with Crippen LogP contribution in [-0.2, 0) is 19.1 Å². The maximum atomic E-state index is 13.5. The molecular formula is C33H42N4O7. The lowest BCUT2D eigenvalue weighted by Gasteiger charge is -2.30. The lowest BCUT2D eigenvalue weighted by Crippen LogP contribution is -2.52. The molecule has 2 aromatic carbocycles. The summed E-state index contributed by atoms with van der Waals surface area (Å²) in [4.78, 5) is 37.7. The second kappa shape index (κ2) is 14.3. The first-order valence-corrected chi connectivity index (χ1v) is 14.7. The summed E-state index contributed by atoms with van der Waals surface area (Å²) in [5.74, 6) is 1.17. The Balaban J connectivity index is 1.72. The second-order valence-electron chi connectivity index (χ2n) is 11.5. The number of aromatic nitrogens is 1. The van der Waals surface area contributed by atoms with E-state index in [0.29, 0.717) is 35.7 Å². The highest BCUT2D eigenvalue weighted by molar-refractivity contribution is 5.94. The van der Waals surface area contributed by atoms with E-state index in [9.17, 15) is 9.59 Å². The van der Waals surface area contributed by atoms with Crippen molar-refractivity contribution in [3.05, 3.63) is 54.6 Å². The molecule has 0 radical (unpaired) electrons. The average molecular weight is 607 g/mol. The van der Waals surface area contributed by atoms with E-state index in [-0.39, 0.29) is 6.54 Å². The van der Waals surface area contributed by atoms with Gasteiger partial charge in [0.15, 0.2) is 5.84 Å². The number of amides is 1. The number of hydrogen-bond donors (Lipinski definition) is 1. The largest absolute Gasteiger partial charge is 0.497 e. The number of rotatable bonds is 10. The second-order valence-corrected chi connectivity index (χ2v) is 11.5. The minimum Gasteiger partial charge on any atom is -0.497 e. The number of pyridine rings is 1. The monoisotopic (exact) mass is 606 g/mol. The molecule has 4 rings (SSSR count). The minimum atomic E-state index is -0.728. The molecule has 2 unspecified atom stereocenters. The minimum absolute atomic E-state index is 0.210. The van der Waals surface area contributed by atoms with Gasteiger partial charge in [0.1, 0.15) is 36.4 Å². The first kappa shape index (κ1) is 32.4. The summed E-state index contributed by atoms with van der Waals surface area (Å²) in [6.45, 7) is 7.60. The Labute approximate surface area is 258 Å². The van der Waals surface area contributed by atoms with Gasteiger partial charge in [0.05, 0.1) is 38.0 Å². The van der Waals surface area contributed by atoms with E-state index in [1.807, 2.05) is 82.3 Å². The Bertz CT molecular complexity index is 1470. The Morgan fingerprint density at radius 3 is 2.48 bits per heavy atom. The molecule has 1 amide bonds. The van der Waals surface area contributed by atoms with Crippen LogP contribution in [0.25, 0.3) is 22.2 Å². The molecule has 1 fully saturated rings. The molecule has 1 aromatic heterocycles. The van der Waals surface area contributed by atoms with Crippen LogP contribution in [-0.4, -0.2) is 79.4 Å². The number of ether oxygens (including phenoxy) is 4. The third-order valence-corrected chi connectivity index (χ3v) is 7.12. The zero-order valence-electron chi connectivity index (χ0n) is 26.5. The van der Waals surface area contributed by atoms with Crippen LogP contribution in [0.3, 0.4) is 0 Å². The van der Waals surface area contributed by atoms with Crippen LogP contribution in [0.4, 0.5) is 4.79 Å². The molecule has 0 aliphatic carbocycles. The fraction of sp³-hybridized carbons (Fsp3) is 0.455. The number of methoxy groups -OCH3 is 2. The van der Waals surface area contributed by atoms with Crippen LogP contribution in [0.5, 0.6) is 11.5 Å². The number of hydrogen-bond acceptors (Lipinski definition) is 9. The van der Waals surface area contributed by atoms with Gasteiger partial charge in [-0.2, -0.15) is 0 Å². The van der Waals surface area contributed by atoms with Gasteiger partial charge in [-0.1, -0.05) is 48.8 Å². The van der Waals surface area contributed by atoms with Gasteiger partial charge in [-0.3, -0.25) is 4.90 Å². The van der Waals surface area contributed by atoms with E-state index in [4.69, 9.17) is 28.8 Å². The van der Waals surface area contributed by atoms with Crippen molar-refractivity contribution < 1.29 is 33.4 Å². The summed E-state index contributed by atoms with van der Waals surface area (Å²) >= 11 is 0. The van der Waals surface area contributed by atoms with Gasteiger partial charge in [0.2, 0.25) is 0 Å². The predicted octanol–water partition coefficient (Wildman–Crippen LogP) is 5.56. The Morgan fingerprint density at radius 1 is 1.09 bits per heavy atom. The molecular weight excluding hydrogens is 564 g/mol. The molecule has 1 N–H and O–H groups in total. The molecule has 1 aliphatic heterocycles. The van der Waals surface area contributed by atoms with E-state index in [2.05, 4.69) is 10.5 Å². The van der Waals surface area contributed by atoms with Crippen LogP contribution in [0.15, 0.2) is 59.8 Å². The van der Waals surface area contributed by atoms with Crippen LogP contribution in [0.2, 0.25) is 0 Å². The number of benzene rings is 2. The van der Waals surface area contributed by atoms with Crippen molar-refractivity contribution >= 4 is 28.8 Å². The maximum absolute atomic E-state index is 13.5. The molecule has 236 valence electrons. The number of carbonyl (C=O) groups excluding carboxylic acids is 2. The lowest BCUT2D eigenvalue weighted by atomic mass is 10.1. The van der Waals surface area contributed by atoms with Gasteiger partial charge in [0.25, 0.3) is 0 Å². The van der Waals surface area contributed by atoms with E-state index in [1.165, 1.54) is 14.2 Å². The normalized spacial score (nSPS) is 17.6. The van der Waals surface area contributed by atoms with Gasteiger partial charge in [0, 0.05) is 29.5 Å². The van der Waals surface area contributed by atoms with Crippen LogP contribution in [0.1, 0.15) is 47.0 Å². The summed E-state index contributed by atoms with van der Waals surface area (Å²) in [5, 5.41) is 8.18. The molecule has 3 atom stereocenters. The number of likely N-dealkylation sites (tertiary alicyclic amines) is 1. The number of amidine groups is 1. The molecule has 3 aromatic rings. The fourth-order valence-electron chi connectivity index (χ4n) is 5.14. The van der Waals surface area contributed by atoms with Gasteiger partial charge in [-0.15, -0.1) is 0 Å². The van der Waals surface area contributed by atoms with Crippen molar-refractivity contribution in [3.63, 3.8) is 0 Å². The van der Waals surface area contributed by atoms with Gasteiger partial charge in [-0.25, -0.2) is 14.6 Å². The summed E-state index contributed by atoms with van der Waals surface area (Å²) < 4.78 is 22.9. The third-order valence-electron chi connectivity index (χ3n) is 7.12. The van der Waals surface area contributed by atoms with Crippen molar-refractivity contribution in [2.45, 2.75) is 70.7 Å². The molecule has 1 saturated heterocycles. The topological polar surface area (TPSA) is 121 Å². The van der Waals surface area contributed by atoms with E-state index in [0.717, 1.165) is 23.1 Å². The first-order valence-electron chi connectivity index (χ1n) is 14.7. The van der Waals surface area contributed by atoms with E-state index in [1.54, 1.807) is 12.0 Å². The molecule has 11 nitrogen and oxygen atoms in total. The predicted molar refractivity (Wildman–Crippen MR) is 168 cm³/mol. The summed E-state index contributed by atoms with van der Waals surface area (Å²) in [6.07, 6.45) is 0.607. The third kappa shape index (κ3) is 7.89. The Hall–Kier alpha value is -4.54. The summed E-state index contributed by atoms with van der Waals surface area (Å²) in [5.41, 5.74) is 1.66. The smallest absolute Gasteiger partial charge is 0.411 e. The highest BCUT2D eigenvalue weighted by Gasteiger charge is 2.43. The quantitative estimate of drug-likeness (QED) is 0.137.